The summed E-state index contributed by atoms with van der Waals surface area (Å²) in [5, 5.41) is 5.96. The van der Waals surface area contributed by atoms with Crippen molar-refractivity contribution < 1.29 is 19.0 Å². The number of benzene rings is 3. The molecule has 2 N–H and O–H groups in total. The lowest BCUT2D eigenvalue weighted by Gasteiger charge is -2.11. The van der Waals surface area contributed by atoms with Gasteiger partial charge in [0.2, 0.25) is 5.91 Å². The van der Waals surface area contributed by atoms with E-state index in [0.29, 0.717) is 18.9 Å². The van der Waals surface area contributed by atoms with Crippen LogP contribution in [0.2, 0.25) is 0 Å². The third-order valence-corrected chi connectivity index (χ3v) is 4.18. The molecule has 3 rings (SSSR count). The predicted octanol–water partition coefficient (Wildman–Crippen LogP) is 4.98. The van der Waals surface area contributed by atoms with Crippen LogP contribution in [0.5, 0.6) is 17.2 Å². The molecule has 3 aromatic rings. The molecule has 0 aromatic heterocycles. The first kappa shape index (κ1) is 22.0. The average Bonchev–Trinajstić information content (AvgIpc) is 2.78. The number of anilines is 2. The maximum atomic E-state index is 12.2. The first-order valence-corrected chi connectivity index (χ1v) is 10.3. The lowest BCUT2D eigenvalue weighted by Crippen LogP contribution is -2.21. The van der Waals surface area contributed by atoms with Crippen LogP contribution in [0.25, 0.3) is 0 Å². The van der Waals surface area contributed by atoms with Gasteiger partial charge < -0.3 is 24.8 Å². The standard InChI is InChI=1S/C25H28N2O4/c1-19(2)31-24-14-8-20(9-15-24)26-18-25(28)27-21-10-12-23(13-11-21)30-17-16-29-22-6-4-3-5-7-22/h3-15,19,26H,16-18H2,1-2H3,(H,27,28). The van der Waals surface area contributed by atoms with E-state index in [1.165, 1.54) is 0 Å². The Morgan fingerprint density at radius 2 is 1.29 bits per heavy atom. The van der Waals surface area contributed by atoms with Gasteiger partial charge in [0.05, 0.1) is 12.6 Å². The topological polar surface area (TPSA) is 68.8 Å². The summed E-state index contributed by atoms with van der Waals surface area (Å²) in [6.07, 6.45) is 0.129. The highest BCUT2D eigenvalue weighted by Gasteiger charge is 2.04. The van der Waals surface area contributed by atoms with Crippen molar-refractivity contribution in [3.8, 4) is 17.2 Å². The highest BCUT2D eigenvalue weighted by molar-refractivity contribution is 5.93. The molecule has 0 atom stereocenters. The second-order valence-corrected chi connectivity index (χ2v) is 7.13. The van der Waals surface area contributed by atoms with Crippen LogP contribution in [0.3, 0.4) is 0 Å². The van der Waals surface area contributed by atoms with Gasteiger partial charge in [0.15, 0.2) is 0 Å². The molecule has 6 nitrogen and oxygen atoms in total. The molecule has 162 valence electrons. The van der Waals surface area contributed by atoms with E-state index in [4.69, 9.17) is 14.2 Å². The summed E-state index contributed by atoms with van der Waals surface area (Å²) in [4.78, 5) is 12.2. The lowest BCUT2D eigenvalue weighted by atomic mass is 10.3. The van der Waals surface area contributed by atoms with Gasteiger partial charge in [-0.25, -0.2) is 0 Å². The number of ether oxygens (including phenoxy) is 3. The maximum Gasteiger partial charge on any atom is 0.243 e. The van der Waals surface area contributed by atoms with Crippen LogP contribution in [-0.4, -0.2) is 31.8 Å². The predicted molar refractivity (Wildman–Crippen MR) is 123 cm³/mol. The number of hydrogen-bond donors (Lipinski definition) is 2. The average molecular weight is 421 g/mol. The van der Waals surface area contributed by atoms with E-state index in [-0.39, 0.29) is 18.6 Å². The van der Waals surface area contributed by atoms with E-state index in [2.05, 4.69) is 10.6 Å². The maximum absolute atomic E-state index is 12.2. The fraction of sp³-hybridized carbons (Fsp3) is 0.240. The first-order valence-electron chi connectivity index (χ1n) is 10.3. The lowest BCUT2D eigenvalue weighted by molar-refractivity contribution is -0.114. The van der Waals surface area contributed by atoms with E-state index >= 15 is 0 Å². The molecule has 1 amide bonds. The van der Waals surface area contributed by atoms with Gasteiger partial charge in [-0.2, -0.15) is 0 Å². The van der Waals surface area contributed by atoms with E-state index in [9.17, 15) is 4.79 Å². The fourth-order valence-electron chi connectivity index (χ4n) is 2.78. The molecule has 0 saturated heterocycles. The van der Waals surface area contributed by atoms with Gasteiger partial charge in [0.1, 0.15) is 30.5 Å². The van der Waals surface area contributed by atoms with Gasteiger partial charge in [-0.1, -0.05) is 18.2 Å². The number of hydrogen-bond acceptors (Lipinski definition) is 5. The highest BCUT2D eigenvalue weighted by Crippen LogP contribution is 2.18. The van der Waals surface area contributed by atoms with Crippen LogP contribution in [-0.2, 0) is 4.79 Å². The van der Waals surface area contributed by atoms with Crippen LogP contribution in [0, 0.1) is 0 Å². The van der Waals surface area contributed by atoms with Crippen molar-refractivity contribution in [1.82, 2.24) is 0 Å². The summed E-state index contributed by atoms with van der Waals surface area (Å²) in [6.45, 7) is 5.02. The van der Waals surface area contributed by atoms with Crippen molar-refractivity contribution in [3.05, 3.63) is 78.9 Å². The molecular formula is C25H28N2O4. The Balaban J connectivity index is 1.36. The SMILES string of the molecule is CC(C)Oc1ccc(NCC(=O)Nc2ccc(OCCOc3ccccc3)cc2)cc1. The molecule has 0 radical (unpaired) electrons. The van der Waals surface area contributed by atoms with Gasteiger partial charge in [0.25, 0.3) is 0 Å². The zero-order chi connectivity index (χ0) is 21.9. The number of carbonyl (C=O) groups excluding carboxylic acids is 1. The molecule has 0 bridgehead atoms. The molecule has 0 aliphatic rings. The van der Waals surface area contributed by atoms with E-state index in [0.717, 1.165) is 22.9 Å². The zero-order valence-corrected chi connectivity index (χ0v) is 17.8. The Kier molecular flexibility index (Phi) is 8.17. The smallest absolute Gasteiger partial charge is 0.243 e. The van der Waals surface area contributed by atoms with Crippen molar-refractivity contribution in [3.63, 3.8) is 0 Å². The largest absolute Gasteiger partial charge is 0.491 e. The molecule has 0 aliphatic carbocycles. The molecular weight excluding hydrogens is 392 g/mol. The van der Waals surface area contributed by atoms with E-state index in [1.807, 2.05) is 92.7 Å². The first-order chi connectivity index (χ1) is 15.1. The third kappa shape index (κ3) is 7.93. The summed E-state index contributed by atoms with van der Waals surface area (Å²) < 4.78 is 16.9. The van der Waals surface area contributed by atoms with Crippen molar-refractivity contribution in [2.24, 2.45) is 0 Å². The van der Waals surface area contributed by atoms with Crippen molar-refractivity contribution in [2.75, 3.05) is 30.4 Å². The van der Waals surface area contributed by atoms with Gasteiger partial charge >= 0.3 is 0 Å². The number of para-hydroxylation sites is 1. The second-order valence-electron chi connectivity index (χ2n) is 7.13. The molecule has 0 fully saturated rings. The zero-order valence-electron chi connectivity index (χ0n) is 17.8. The van der Waals surface area contributed by atoms with Crippen LogP contribution < -0.4 is 24.8 Å². The van der Waals surface area contributed by atoms with Crippen LogP contribution in [0.15, 0.2) is 78.9 Å². The summed E-state index contributed by atoms with van der Waals surface area (Å²) >= 11 is 0. The Morgan fingerprint density at radius 3 is 1.90 bits per heavy atom. The molecule has 0 heterocycles. The molecule has 0 spiro atoms. The Labute approximate surface area is 183 Å². The number of rotatable bonds is 11. The summed E-state index contributed by atoms with van der Waals surface area (Å²) in [5.41, 5.74) is 1.56. The van der Waals surface area contributed by atoms with Gasteiger partial charge in [-0.05, 0) is 74.5 Å². The van der Waals surface area contributed by atoms with Gasteiger partial charge in [-0.15, -0.1) is 0 Å². The van der Waals surface area contributed by atoms with Crippen LogP contribution >= 0.6 is 0 Å². The van der Waals surface area contributed by atoms with E-state index in [1.54, 1.807) is 0 Å². The number of carbonyl (C=O) groups is 1. The van der Waals surface area contributed by atoms with Crippen LogP contribution in [0.1, 0.15) is 13.8 Å². The molecule has 0 unspecified atom stereocenters. The summed E-state index contributed by atoms with van der Waals surface area (Å²) in [7, 11) is 0. The minimum atomic E-state index is -0.132. The molecule has 31 heavy (non-hydrogen) atoms. The minimum absolute atomic E-state index is 0.129. The second kappa shape index (κ2) is 11.5. The van der Waals surface area contributed by atoms with Gasteiger partial charge in [-0.3, -0.25) is 4.79 Å². The van der Waals surface area contributed by atoms with Crippen molar-refractivity contribution >= 4 is 17.3 Å². The highest BCUT2D eigenvalue weighted by atomic mass is 16.5. The quantitative estimate of drug-likeness (QED) is 0.428. The minimum Gasteiger partial charge on any atom is -0.491 e. The Bertz CT molecular complexity index is 926. The van der Waals surface area contributed by atoms with Crippen LogP contribution in [0.4, 0.5) is 11.4 Å². The number of amides is 1. The van der Waals surface area contributed by atoms with Gasteiger partial charge in [0, 0.05) is 11.4 Å². The fourth-order valence-corrected chi connectivity index (χ4v) is 2.78. The summed E-state index contributed by atoms with van der Waals surface area (Å²) in [6, 6.07) is 24.4. The van der Waals surface area contributed by atoms with Crippen molar-refractivity contribution in [1.29, 1.82) is 0 Å². The monoisotopic (exact) mass is 420 g/mol. The normalized spacial score (nSPS) is 10.4. The number of nitrogens with one attached hydrogen (secondary N) is 2. The molecule has 3 aromatic carbocycles. The Hall–Kier alpha value is -3.67. The molecule has 0 saturated carbocycles. The van der Waals surface area contributed by atoms with Crippen molar-refractivity contribution in [2.45, 2.75) is 20.0 Å². The Morgan fingerprint density at radius 1 is 0.742 bits per heavy atom. The van der Waals surface area contributed by atoms with E-state index < -0.39 is 0 Å². The summed E-state index contributed by atoms with van der Waals surface area (Å²) in [5.74, 6) is 2.21. The molecule has 0 aliphatic heterocycles. The third-order valence-electron chi connectivity index (χ3n) is 4.18. The molecule has 6 heteroatoms.